The van der Waals surface area contributed by atoms with Crippen LogP contribution in [0.25, 0.3) is 0 Å². The molecular weight excluding hydrogens is 293 g/mol. The molecule has 1 amide bonds. The van der Waals surface area contributed by atoms with Crippen molar-refractivity contribution in [3.05, 3.63) is 35.5 Å². The van der Waals surface area contributed by atoms with Crippen LogP contribution in [0.2, 0.25) is 0 Å². The van der Waals surface area contributed by atoms with Crippen molar-refractivity contribution in [3.63, 3.8) is 0 Å². The van der Waals surface area contributed by atoms with Gasteiger partial charge in [-0.1, -0.05) is 6.07 Å². The summed E-state index contributed by atoms with van der Waals surface area (Å²) in [5.74, 6) is -0.336. The average molecular weight is 302 g/mol. The van der Waals surface area contributed by atoms with Gasteiger partial charge in [-0.25, -0.2) is 9.97 Å². The number of thiazole rings is 1. The molecule has 0 aliphatic carbocycles. The predicted molar refractivity (Wildman–Crippen MR) is 68.0 cm³/mol. The van der Waals surface area contributed by atoms with Gasteiger partial charge in [-0.2, -0.15) is 13.2 Å². The predicted octanol–water partition coefficient (Wildman–Crippen LogP) is 2.57. The summed E-state index contributed by atoms with van der Waals surface area (Å²) in [5.41, 5.74) is -0.0716. The van der Waals surface area contributed by atoms with Crippen LogP contribution in [0, 0.1) is 0 Å². The molecule has 9 heteroatoms. The molecule has 106 valence electrons. The summed E-state index contributed by atoms with van der Waals surface area (Å²) < 4.78 is 35.9. The third-order valence-corrected chi connectivity index (χ3v) is 2.84. The van der Waals surface area contributed by atoms with E-state index in [0.29, 0.717) is 10.9 Å². The summed E-state index contributed by atoms with van der Waals surface area (Å²) in [4.78, 5) is 19.3. The first kappa shape index (κ1) is 14.3. The van der Waals surface area contributed by atoms with Gasteiger partial charge in [0.2, 0.25) is 0 Å². The van der Waals surface area contributed by atoms with Crippen molar-refractivity contribution in [2.24, 2.45) is 0 Å². The minimum Gasteiger partial charge on any atom is -0.342 e. The monoisotopic (exact) mass is 302 g/mol. The molecular formula is C11H9F3N4OS. The highest BCUT2D eigenvalue weighted by molar-refractivity contribution is 7.14. The SMILES string of the molecule is O=C(NCC(F)(F)F)c1csc(Nc2ccccn2)n1. The van der Waals surface area contributed by atoms with Crippen LogP contribution in [-0.2, 0) is 0 Å². The number of nitrogens with one attached hydrogen (secondary N) is 2. The van der Waals surface area contributed by atoms with Crippen molar-refractivity contribution in [2.45, 2.75) is 6.18 Å². The Balaban J connectivity index is 1.97. The average Bonchev–Trinajstić information content (AvgIpc) is 2.85. The summed E-state index contributed by atoms with van der Waals surface area (Å²) in [5, 5.41) is 6.35. The number of rotatable bonds is 4. The van der Waals surface area contributed by atoms with E-state index in [1.54, 1.807) is 29.7 Å². The molecule has 0 aromatic carbocycles. The lowest BCUT2D eigenvalue weighted by Crippen LogP contribution is -2.33. The van der Waals surface area contributed by atoms with E-state index in [1.165, 1.54) is 5.38 Å². The molecule has 20 heavy (non-hydrogen) atoms. The molecule has 2 N–H and O–H groups in total. The molecule has 0 saturated heterocycles. The van der Waals surface area contributed by atoms with E-state index in [-0.39, 0.29) is 5.69 Å². The van der Waals surface area contributed by atoms with Gasteiger partial charge in [0, 0.05) is 11.6 Å². The van der Waals surface area contributed by atoms with Crippen molar-refractivity contribution in [1.29, 1.82) is 0 Å². The fraction of sp³-hybridized carbons (Fsp3) is 0.182. The van der Waals surface area contributed by atoms with Crippen LogP contribution in [0.4, 0.5) is 24.1 Å². The summed E-state index contributed by atoms with van der Waals surface area (Å²) in [6.07, 6.45) is -2.87. The third-order valence-electron chi connectivity index (χ3n) is 2.09. The van der Waals surface area contributed by atoms with Gasteiger partial charge in [0.1, 0.15) is 18.1 Å². The number of aromatic nitrogens is 2. The minimum atomic E-state index is -4.44. The van der Waals surface area contributed by atoms with E-state index in [0.717, 1.165) is 11.3 Å². The van der Waals surface area contributed by atoms with E-state index in [9.17, 15) is 18.0 Å². The van der Waals surface area contributed by atoms with Crippen molar-refractivity contribution in [2.75, 3.05) is 11.9 Å². The molecule has 0 fully saturated rings. The van der Waals surface area contributed by atoms with Crippen LogP contribution >= 0.6 is 11.3 Å². The van der Waals surface area contributed by atoms with Crippen LogP contribution in [0.1, 0.15) is 10.5 Å². The maximum Gasteiger partial charge on any atom is 0.405 e. The summed E-state index contributed by atoms with van der Waals surface area (Å²) in [6.45, 7) is -1.38. The fourth-order valence-electron chi connectivity index (χ4n) is 1.25. The molecule has 0 spiro atoms. The highest BCUT2D eigenvalue weighted by atomic mass is 32.1. The number of amides is 1. The molecule has 2 aromatic heterocycles. The minimum absolute atomic E-state index is 0.0716. The second kappa shape index (κ2) is 5.87. The zero-order valence-electron chi connectivity index (χ0n) is 9.94. The molecule has 0 unspecified atom stereocenters. The highest BCUT2D eigenvalue weighted by Crippen LogP contribution is 2.19. The Hall–Kier alpha value is -2.16. The number of anilines is 2. The molecule has 0 saturated carbocycles. The first-order chi connectivity index (χ1) is 9.44. The molecule has 0 bridgehead atoms. The standard InChI is InChI=1S/C11H9F3N4OS/c12-11(13,14)6-16-9(19)7-5-20-10(17-7)18-8-3-1-2-4-15-8/h1-5H,6H2,(H,16,19)(H,15,17,18). The summed E-state index contributed by atoms with van der Waals surface area (Å²) in [7, 11) is 0. The lowest BCUT2D eigenvalue weighted by molar-refractivity contribution is -0.123. The Morgan fingerprint density at radius 2 is 2.15 bits per heavy atom. The lowest BCUT2D eigenvalue weighted by atomic mass is 10.4. The maximum absolute atomic E-state index is 12.0. The maximum atomic E-state index is 12.0. The largest absolute Gasteiger partial charge is 0.405 e. The number of alkyl halides is 3. The number of pyridine rings is 1. The molecule has 0 aliphatic heterocycles. The van der Waals surface area contributed by atoms with Gasteiger partial charge < -0.3 is 10.6 Å². The van der Waals surface area contributed by atoms with Gasteiger partial charge >= 0.3 is 6.18 Å². The van der Waals surface area contributed by atoms with E-state index in [4.69, 9.17) is 0 Å². The Bertz CT molecular complexity index is 585. The topological polar surface area (TPSA) is 66.9 Å². The molecule has 0 atom stereocenters. The van der Waals surface area contributed by atoms with Crippen molar-refractivity contribution >= 4 is 28.2 Å². The van der Waals surface area contributed by atoms with E-state index in [2.05, 4.69) is 15.3 Å². The zero-order valence-corrected chi connectivity index (χ0v) is 10.8. The van der Waals surface area contributed by atoms with Crippen molar-refractivity contribution in [3.8, 4) is 0 Å². The van der Waals surface area contributed by atoms with Crippen LogP contribution in [0.3, 0.4) is 0 Å². The molecule has 2 aromatic rings. The van der Waals surface area contributed by atoms with Crippen molar-refractivity contribution < 1.29 is 18.0 Å². The van der Waals surface area contributed by atoms with E-state index in [1.807, 2.05) is 0 Å². The fourth-order valence-corrected chi connectivity index (χ4v) is 1.95. The Morgan fingerprint density at radius 3 is 2.80 bits per heavy atom. The van der Waals surface area contributed by atoms with Crippen LogP contribution in [0.15, 0.2) is 29.8 Å². The molecule has 2 rings (SSSR count). The molecule has 0 radical (unpaired) electrons. The lowest BCUT2D eigenvalue weighted by Gasteiger charge is -2.06. The van der Waals surface area contributed by atoms with Crippen LogP contribution in [-0.4, -0.2) is 28.6 Å². The normalized spacial score (nSPS) is 11.2. The summed E-state index contributed by atoms with van der Waals surface area (Å²) >= 11 is 1.10. The molecule has 2 heterocycles. The second-order valence-corrected chi connectivity index (χ2v) is 4.53. The molecule has 5 nitrogen and oxygen atoms in total. The Morgan fingerprint density at radius 1 is 1.35 bits per heavy atom. The first-order valence-corrected chi connectivity index (χ1v) is 6.30. The number of nitrogens with zero attached hydrogens (tertiary/aromatic N) is 2. The van der Waals surface area contributed by atoms with E-state index >= 15 is 0 Å². The van der Waals surface area contributed by atoms with Gasteiger partial charge in [-0.3, -0.25) is 4.79 Å². The highest BCUT2D eigenvalue weighted by Gasteiger charge is 2.28. The first-order valence-electron chi connectivity index (χ1n) is 5.42. The number of carbonyl (C=O) groups is 1. The van der Waals surface area contributed by atoms with Crippen LogP contribution < -0.4 is 10.6 Å². The van der Waals surface area contributed by atoms with Gasteiger partial charge in [0.05, 0.1) is 0 Å². The van der Waals surface area contributed by atoms with E-state index < -0.39 is 18.6 Å². The van der Waals surface area contributed by atoms with Gasteiger partial charge in [0.25, 0.3) is 5.91 Å². The third kappa shape index (κ3) is 4.19. The summed E-state index contributed by atoms with van der Waals surface area (Å²) in [6, 6.07) is 5.20. The Kier molecular flexibility index (Phi) is 4.18. The zero-order chi connectivity index (χ0) is 14.6. The quantitative estimate of drug-likeness (QED) is 0.911. The van der Waals surface area contributed by atoms with Crippen molar-refractivity contribution in [1.82, 2.24) is 15.3 Å². The second-order valence-electron chi connectivity index (χ2n) is 3.68. The number of hydrogen-bond acceptors (Lipinski definition) is 5. The van der Waals surface area contributed by atoms with Gasteiger partial charge in [-0.05, 0) is 12.1 Å². The van der Waals surface area contributed by atoms with Gasteiger partial charge in [0.15, 0.2) is 5.13 Å². The number of hydrogen-bond donors (Lipinski definition) is 2. The smallest absolute Gasteiger partial charge is 0.342 e. The van der Waals surface area contributed by atoms with Crippen LogP contribution in [0.5, 0.6) is 0 Å². The number of halogens is 3. The van der Waals surface area contributed by atoms with Gasteiger partial charge in [-0.15, -0.1) is 11.3 Å². The number of carbonyl (C=O) groups excluding carboxylic acids is 1. The Labute approximate surface area is 115 Å². The molecule has 0 aliphatic rings.